The molecule has 0 heterocycles. The summed E-state index contributed by atoms with van der Waals surface area (Å²) in [7, 11) is 0. The van der Waals surface area contributed by atoms with Crippen molar-refractivity contribution in [1.82, 2.24) is 10.2 Å². The van der Waals surface area contributed by atoms with Crippen LogP contribution in [-0.4, -0.2) is 35.2 Å². The SMILES string of the molecule is BrCc1ccccc1.C=CC(CN(Cc1ccccc1)C(C)C=C)NC(=O)OC(C)(C)C. The molecule has 2 unspecified atom stereocenters. The van der Waals surface area contributed by atoms with E-state index in [1.165, 1.54) is 11.1 Å². The second-order valence-corrected chi connectivity index (χ2v) is 9.06. The Morgan fingerprint density at radius 2 is 1.56 bits per heavy atom. The molecule has 5 heteroatoms. The van der Waals surface area contributed by atoms with Gasteiger partial charge in [-0.15, -0.1) is 13.2 Å². The molecule has 1 N–H and O–H groups in total. The molecule has 2 atom stereocenters. The van der Waals surface area contributed by atoms with E-state index < -0.39 is 11.7 Å². The van der Waals surface area contributed by atoms with E-state index in [9.17, 15) is 4.79 Å². The molecular weight excluding hydrogens is 464 g/mol. The molecule has 2 aromatic rings. The molecule has 174 valence electrons. The third kappa shape index (κ3) is 11.9. The van der Waals surface area contributed by atoms with Gasteiger partial charge in [-0.25, -0.2) is 4.79 Å². The van der Waals surface area contributed by atoms with Crippen LogP contribution in [-0.2, 0) is 16.6 Å². The number of rotatable bonds is 9. The van der Waals surface area contributed by atoms with Gasteiger partial charge < -0.3 is 10.1 Å². The van der Waals surface area contributed by atoms with Crippen molar-refractivity contribution >= 4 is 22.0 Å². The third-order valence-corrected chi connectivity index (χ3v) is 5.21. The number of nitrogens with zero attached hydrogens (tertiary/aromatic N) is 1. The first-order valence-corrected chi connectivity index (χ1v) is 11.9. The summed E-state index contributed by atoms with van der Waals surface area (Å²) in [6, 6.07) is 20.5. The monoisotopic (exact) mass is 500 g/mol. The fraction of sp³-hybridized carbons (Fsp3) is 0.370. The first-order chi connectivity index (χ1) is 15.2. The molecule has 0 saturated heterocycles. The molecule has 32 heavy (non-hydrogen) atoms. The summed E-state index contributed by atoms with van der Waals surface area (Å²) in [6.45, 7) is 16.7. The number of alkyl halides is 1. The number of nitrogens with one attached hydrogen (secondary N) is 1. The first-order valence-electron chi connectivity index (χ1n) is 10.8. The lowest BCUT2D eigenvalue weighted by molar-refractivity contribution is 0.0501. The van der Waals surface area contributed by atoms with Crippen molar-refractivity contribution in [2.24, 2.45) is 0 Å². The Kier molecular flexibility index (Phi) is 12.7. The van der Waals surface area contributed by atoms with Crippen LogP contribution < -0.4 is 5.32 Å². The van der Waals surface area contributed by atoms with Crippen molar-refractivity contribution in [2.75, 3.05) is 6.54 Å². The minimum absolute atomic E-state index is 0.174. The normalized spacial score (nSPS) is 12.7. The number of hydrogen-bond donors (Lipinski definition) is 1. The molecule has 1 amide bonds. The molecular formula is C27H37BrN2O2. The number of benzene rings is 2. The van der Waals surface area contributed by atoms with Crippen LogP contribution in [0, 0.1) is 0 Å². The summed E-state index contributed by atoms with van der Waals surface area (Å²) >= 11 is 3.36. The zero-order chi connectivity index (χ0) is 24.0. The minimum atomic E-state index is -0.520. The van der Waals surface area contributed by atoms with Gasteiger partial charge in [-0.1, -0.05) is 88.7 Å². The van der Waals surface area contributed by atoms with Gasteiger partial charge in [0.25, 0.3) is 0 Å². The lowest BCUT2D eigenvalue weighted by Crippen LogP contribution is -2.46. The van der Waals surface area contributed by atoms with E-state index in [2.05, 4.69) is 70.5 Å². The molecule has 0 radical (unpaired) electrons. The lowest BCUT2D eigenvalue weighted by Gasteiger charge is -2.31. The maximum Gasteiger partial charge on any atom is 0.408 e. The summed E-state index contributed by atoms with van der Waals surface area (Å²) in [6.07, 6.45) is 3.20. The van der Waals surface area contributed by atoms with Gasteiger partial charge in [0, 0.05) is 24.5 Å². The third-order valence-electron chi connectivity index (χ3n) is 4.56. The van der Waals surface area contributed by atoms with Gasteiger partial charge in [0.1, 0.15) is 5.60 Å². The van der Waals surface area contributed by atoms with Gasteiger partial charge in [-0.05, 0) is 38.8 Å². The number of hydrogen-bond acceptors (Lipinski definition) is 3. The Morgan fingerprint density at radius 3 is 1.97 bits per heavy atom. The number of amides is 1. The summed E-state index contributed by atoms with van der Waals surface area (Å²) in [5, 5.41) is 3.82. The van der Waals surface area contributed by atoms with Crippen molar-refractivity contribution in [3.05, 3.63) is 97.1 Å². The molecule has 2 aromatic carbocycles. The summed E-state index contributed by atoms with van der Waals surface area (Å²) < 4.78 is 5.32. The predicted octanol–water partition coefficient (Wildman–Crippen LogP) is 6.72. The van der Waals surface area contributed by atoms with Crippen LogP contribution in [0.25, 0.3) is 0 Å². The highest BCUT2D eigenvalue weighted by molar-refractivity contribution is 9.08. The Hall–Kier alpha value is -2.37. The molecule has 0 aliphatic rings. The molecule has 0 aromatic heterocycles. The summed E-state index contributed by atoms with van der Waals surface area (Å²) in [5.74, 6) is 0. The predicted molar refractivity (Wildman–Crippen MR) is 139 cm³/mol. The van der Waals surface area contributed by atoms with Crippen LogP contribution in [0.4, 0.5) is 4.79 Å². The maximum atomic E-state index is 12.0. The van der Waals surface area contributed by atoms with E-state index in [0.717, 1.165) is 11.9 Å². The van der Waals surface area contributed by atoms with E-state index >= 15 is 0 Å². The zero-order valence-electron chi connectivity index (χ0n) is 19.8. The Bertz CT molecular complexity index is 803. The Balaban J connectivity index is 0.000000533. The molecule has 0 aliphatic heterocycles. The smallest absolute Gasteiger partial charge is 0.408 e. The van der Waals surface area contributed by atoms with Crippen molar-refractivity contribution in [3.63, 3.8) is 0 Å². The van der Waals surface area contributed by atoms with E-state index in [4.69, 9.17) is 4.74 Å². The van der Waals surface area contributed by atoms with E-state index in [-0.39, 0.29) is 12.1 Å². The Labute approximate surface area is 202 Å². The van der Waals surface area contributed by atoms with Crippen molar-refractivity contribution in [2.45, 2.75) is 57.3 Å². The summed E-state index contributed by atoms with van der Waals surface area (Å²) in [4.78, 5) is 14.2. The van der Waals surface area contributed by atoms with Gasteiger partial charge in [0.15, 0.2) is 0 Å². The van der Waals surface area contributed by atoms with Crippen molar-refractivity contribution in [3.8, 4) is 0 Å². The van der Waals surface area contributed by atoms with Crippen LogP contribution in [0.3, 0.4) is 0 Å². The van der Waals surface area contributed by atoms with Gasteiger partial charge in [-0.3, -0.25) is 4.90 Å². The van der Waals surface area contributed by atoms with Crippen molar-refractivity contribution in [1.29, 1.82) is 0 Å². The molecule has 0 saturated carbocycles. The summed E-state index contributed by atoms with van der Waals surface area (Å²) in [5.41, 5.74) is 2.02. The first kappa shape index (κ1) is 27.7. The molecule has 4 nitrogen and oxygen atoms in total. The molecule has 0 bridgehead atoms. The molecule has 0 fully saturated rings. The highest BCUT2D eigenvalue weighted by Gasteiger charge is 2.21. The van der Waals surface area contributed by atoms with Crippen molar-refractivity contribution < 1.29 is 9.53 Å². The van der Waals surface area contributed by atoms with E-state index in [1.54, 1.807) is 6.08 Å². The fourth-order valence-electron chi connectivity index (χ4n) is 2.80. The average molecular weight is 502 g/mol. The number of carbonyl (C=O) groups is 1. The van der Waals surface area contributed by atoms with Gasteiger partial charge in [-0.2, -0.15) is 0 Å². The number of halogens is 1. The zero-order valence-corrected chi connectivity index (χ0v) is 21.3. The lowest BCUT2D eigenvalue weighted by atomic mass is 10.1. The average Bonchev–Trinajstić information content (AvgIpc) is 2.78. The minimum Gasteiger partial charge on any atom is -0.444 e. The number of alkyl carbamates (subject to hydrolysis) is 1. The molecule has 0 spiro atoms. The topological polar surface area (TPSA) is 41.6 Å². The highest BCUT2D eigenvalue weighted by Crippen LogP contribution is 2.11. The largest absolute Gasteiger partial charge is 0.444 e. The van der Waals surface area contributed by atoms with Gasteiger partial charge in [0.05, 0.1) is 6.04 Å². The quantitative estimate of drug-likeness (QED) is 0.306. The van der Waals surface area contributed by atoms with Crippen LogP contribution in [0.5, 0.6) is 0 Å². The second-order valence-electron chi connectivity index (χ2n) is 8.50. The second kappa shape index (κ2) is 14.6. The number of carbonyl (C=O) groups excluding carboxylic acids is 1. The Morgan fingerprint density at radius 1 is 1.03 bits per heavy atom. The van der Waals surface area contributed by atoms with Crippen LogP contribution >= 0.6 is 15.9 Å². The molecule has 0 aliphatic carbocycles. The molecule has 2 rings (SSSR count). The van der Waals surface area contributed by atoms with Gasteiger partial charge in [0.2, 0.25) is 0 Å². The number of ether oxygens (including phenoxy) is 1. The fourth-order valence-corrected chi connectivity index (χ4v) is 3.17. The maximum absolute atomic E-state index is 12.0. The highest BCUT2D eigenvalue weighted by atomic mass is 79.9. The van der Waals surface area contributed by atoms with Crippen LogP contribution in [0.2, 0.25) is 0 Å². The van der Waals surface area contributed by atoms with Crippen LogP contribution in [0.1, 0.15) is 38.8 Å². The standard InChI is InChI=1S/C20H30N2O2.C7H7Br/c1-7-16(3)22(14-17-12-10-9-11-13-17)15-18(8-2)21-19(23)24-20(4,5)6;8-6-7-4-2-1-3-5-7/h7-13,16,18H,1-2,14-15H2,3-6H3,(H,21,23);1-5H,6H2. The van der Waals surface area contributed by atoms with Gasteiger partial charge >= 0.3 is 6.09 Å². The van der Waals surface area contributed by atoms with Crippen LogP contribution in [0.15, 0.2) is 86.0 Å². The van der Waals surface area contributed by atoms with E-state index in [1.807, 2.05) is 63.2 Å². The van der Waals surface area contributed by atoms with E-state index in [0.29, 0.717) is 6.54 Å².